The number of benzene rings is 1. The van der Waals surface area contributed by atoms with Gasteiger partial charge in [-0.2, -0.15) is 0 Å². The highest BCUT2D eigenvalue weighted by Crippen LogP contribution is 2.36. The fraction of sp³-hybridized carbons (Fsp3) is 0.556. The van der Waals surface area contributed by atoms with Gasteiger partial charge in [0.15, 0.2) is 0 Å². The lowest BCUT2D eigenvalue weighted by atomic mass is 9.80. The van der Waals surface area contributed by atoms with Gasteiger partial charge in [0.25, 0.3) is 11.8 Å². The van der Waals surface area contributed by atoms with Crippen LogP contribution in [-0.4, -0.2) is 84.9 Å². The maximum atomic E-state index is 13.4. The van der Waals surface area contributed by atoms with Crippen molar-refractivity contribution in [2.45, 2.75) is 109 Å². The fourth-order valence-corrected chi connectivity index (χ4v) is 6.51. The van der Waals surface area contributed by atoms with Gasteiger partial charge < -0.3 is 23.7 Å². The standard InChI is InChI=1S/C36H48BN3O7Si/c1-35(2)36(3,4)47-37(46-35)27-16-18-31(38-23-27)45-20-11-9-8-10-13-26-14-12-15-28-29(26)24-39(33(28)42)30-17-19-32(41)40(34(30)43)25-44-21-22-48(5,6)7/h12,14-16,18,23,30H,8-9,11,17,19-22,24-25H2,1-7H3. The number of nitrogens with zero attached hydrogens (tertiary/aromatic N) is 3. The molecule has 0 saturated carbocycles. The lowest BCUT2D eigenvalue weighted by Crippen LogP contribution is -2.55. The van der Waals surface area contributed by atoms with E-state index in [-0.39, 0.29) is 30.9 Å². The van der Waals surface area contributed by atoms with Crippen LogP contribution < -0.4 is 10.2 Å². The van der Waals surface area contributed by atoms with E-state index in [1.807, 2.05) is 52.0 Å². The number of carbonyl (C=O) groups is 3. The molecule has 10 nitrogen and oxygen atoms in total. The van der Waals surface area contributed by atoms with E-state index in [2.05, 4.69) is 36.5 Å². The number of amides is 3. The summed E-state index contributed by atoms with van der Waals surface area (Å²) in [5.41, 5.74) is 2.23. The van der Waals surface area contributed by atoms with Crippen LogP contribution in [0.5, 0.6) is 5.88 Å². The number of fused-ring (bicyclic) bond motifs is 1. The maximum Gasteiger partial charge on any atom is 0.496 e. The first-order valence-electron chi connectivity index (χ1n) is 16.9. The van der Waals surface area contributed by atoms with Crippen molar-refractivity contribution in [3.05, 3.63) is 53.2 Å². The van der Waals surface area contributed by atoms with Gasteiger partial charge in [-0.3, -0.25) is 19.3 Å². The summed E-state index contributed by atoms with van der Waals surface area (Å²) in [5.74, 6) is 6.21. The molecule has 3 amide bonds. The first kappa shape index (κ1) is 35.8. The van der Waals surface area contributed by atoms with Gasteiger partial charge in [-0.15, -0.1) is 0 Å². The van der Waals surface area contributed by atoms with Crippen LogP contribution in [0.1, 0.15) is 81.3 Å². The molecule has 3 aliphatic heterocycles. The molecule has 48 heavy (non-hydrogen) atoms. The summed E-state index contributed by atoms with van der Waals surface area (Å²) >= 11 is 0. The molecule has 2 saturated heterocycles. The molecule has 0 spiro atoms. The van der Waals surface area contributed by atoms with Crippen molar-refractivity contribution in [3.63, 3.8) is 0 Å². The van der Waals surface area contributed by atoms with Crippen molar-refractivity contribution < 1.29 is 33.2 Å². The highest BCUT2D eigenvalue weighted by molar-refractivity contribution is 6.76. The van der Waals surface area contributed by atoms with Gasteiger partial charge in [-0.25, -0.2) is 4.98 Å². The first-order valence-corrected chi connectivity index (χ1v) is 20.7. The molecule has 1 unspecified atom stereocenters. The van der Waals surface area contributed by atoms with Crippen LogP contribution in [0.25, 0.3) is 0 Å². The topological polar surface area (TPSA) is 108 Å². The molecule has 1 aromatic heterocycles. The van der Waals surface area contributed by atoms with Gasteiger partial charge in [0.05, 0.1) is 17.8 Å². The number of piperidine rings is 1. The number of rotatable bonds is 12. The zero-order valence-electron chi connectivity index (χ0n) is 29.4. The normalized spacial score (nSPS) is 20.2. The van der Waals surface area contributed by atoms with E-state index in [1.54, 1.807) is 17.2 Å². The Hall–Kier alpha value is -3.50. The molecule has 4 heterocycles. The molecular formula is C36H48BN3O7Si. The van der Waals surface area contributed by atoms with Crippen molar-refractivity contribution >= 4 is 38.4 Å². The summed E-state index contributed by atoms with van der Waals surface area (Å²) in [6.07, 6.45) is 4.58. The van der Waals surface area contributed by atoms with Crippen LogP contribution in [0.3, 0.4) is 0 Å². The molecule has 0 aliphatic carbocycles. The average Bonchev–Trinajstić information content (AvgIpc) is 3.47. The minimum absolute atomic E-state index is 0.0688. The summed E-state index contributed by atoms with van der Waals surface area (Å²) in [4.78, 5) is 46.6. The van der Waals surface area contributed by atoms with Gasteiger partial charge >= 0.3 is 7.12 Å². The molecule has 0 N–H and O–H groups in total. The van der Waals surface area contributed by atoms with Crippen molar-refractivity contribution in [2.75, 3.05) is 19.9 Å². The molecule has 0 radical (unpaired) electrons. The largest absolute Gasteiger partial charge is 0.496 e. The van der Waals surface area contributed by atoms with E-state index in [1.165, 1.54) is 4.90 Å². The Morgan fingerprint density at radius 2 is 1.77 bits per heavy atom. The maximum absolute atomic E-state index is 13.4. The van der Waals surface area contributed by atoms with E-state index in [0.717, 1.165) is 35.5 Å². The lowest BCUT2D eigenvalue weighted by Gasteiger charge is -2.35. The number of likely N-dealkylation sites (tertiary alicyclic amines) is 1. The molecule has 3 aliphatic rings. The monoisotopic (exact) mass is 673 g/mol. The van der Waals surface area contributed by atoms with Crippen LogP contribution >= 0.6 is 0 Å². The fourth-order valence-electron chi connectivity index (χ4n) is 5.75. The molecule has 256 valence electrons. The zero-order valence-corrected chi connectivity index (χ0v) is 30.4. The zero-order chi connectivity index (χ0) is 34.7. The van der Waals surface area contributed by atoms with Gasteiger partial charge in [0.2, 0.25) is 11.8 Å². The predicted molar refractivity (Wildman–Crippen MR) is 186 cm³/mol. The van der Waals surface area contributed by atoms with Crippen molar-refractivity contribution in [2.24, 2.45) is 0 Å². The molecule has 0 bridgehead atoms. The second-order valence-corrected chi connectivity index (χ2v) is 20.6. The number of unbranched alkanes of at least 4 members (excludes halogenated alkanes) is 2. The number of carbonyl (C=O) groups excluding carboxylic acids is 3. The third-order valence-electron chi connectivity index (χ3n) is 9.53. The van der Waals surface area contributed by atoms with Gasteiger partial charge in [-0.05, 0) is 76.8 Å². The summed E-state index contributed by atoms with van der Waals surface area (Å²) in [7, 11) is -1.75. The molecule has 12 heteroatoms. The SMILES string of the molecule is CC1(C)OB(c2ccc(OCCCCC#Cc3cccc4c3CN(C3CCC(=O)N(COCC[Si](C)(C)C)C3=O)C4=O)nc2)OC1(C)C. The number of pyridine rings is 1. The van der Waals surface area contributed by atoms with Crippen LogP contribution in [0, 0.1) is 11.8 Å². The predicted octanol–water partition coefficient (Wildman–Crippen LogP) is 4.77. The number of ether oxygens (including phenoxy) is 2. The van der Waals surface area contributed by atoms with Crippen molar-refractivity contribution in [3.8, 4) is 17.7 Å². The third kappa shape index (κ3) is 8.20. The molecule has 2 aromatic rings. The second kappa shape index (κ2) is 14.5. The molecule has 1 aromatic carbocycles. The molecule has 2 fully saturated rings. The van der Waals surface area contributed by atoms with E-state index < -0.39 is 32.4 Å². The van der Waals surface area contributed by atoms with Gasteiger partial charge in [0.1, 0.15) is 12.8 Å². The van der Waals surface area contributed by atoms with Crippen LogP contribution in [0.15, 0.2) is 36.5 Å². The Balaban J connectivity index is 1.09. The van der Waals surface area contributed by atoms with E-state index in [4.69, 9.17) is 18.8 Å². The van der Waals surface area contributed by atoms with E-state index in [0.29, 0.717) is 44.0 Å². The minimum Gasteiger partial charge on any atom is -0.478 e. The van der Waals surface area contributed by atoms with E-state index >= 15 is 0 Å². The van der Waals surface area contributed by atoms with Gasteiger partial charge in [0, 0.05) is 56.9 Å². The smallest absolute Gasteiger partial charge is 0.478 e. The van der Waals surface area contributed by atoms with E-state index in [9.17, 15) is 14.4 Å². The molecule has 5 rings (SSSR count). The second-order valence-electron chi connectivity index (χ2n) is 15.0. The minimum atomic E-state index is -1.30. The summed E-state index contributed by atoms with van der Waals surface area (Å²) in [6.45, 7) is 16.1. The van der Waals surface area contributed by atoms with Crippen molar-refractivity contribution in [1.82, 2.24) is 14.8 Å². The highest BCUT2D eigenvalue weighted by Gasteiger charge is 2.52. The van der Waals surface area contributed by atoms with Crippen LogP contribution in [0.4, 0.5) is 0 Å². The number of hydrogen-bond acceptors (Lipinski definition) is 8. The first-order chi connectivity index (χ1) is 22.7. The number of aromatic nitrogens is 1. The quantitative estimate of drug-likeness (QED) is 0.137. The van der Waals surface area contributed by atoms with Gasteiger partial charge in [-0.1, -0.05) is 43.6 Å². The average molecular weight is 674 g/mol. The van der Waals surface area contributed by atoms with Crippen LogP contribution in [-0.2, 0) is 30.2 Å². The third-order valence-corrected chi connectivity index (χ3v) is 11.2. The Morgan fingerprint density at radius 1 is 1.02 bits per heavy atom. The molecular weight excluding hydrogens is 625 g/mol. The van der Waals surface area contributed by atoms with Crippen molar-refractivity contribution in [1.29, 1.82) is 0 Å². The highest BCUT2D eigenvalue weighted by atomic mass is 28.3. The van der Waals surface area contributed by atoms with Crippen LogP contribution in [0.2, 0.25) is 25.7 Å². The summed E-state index contributed by atoms with van der Waals surface area (Å²) in [6, 6.07) is 9.53. The Labute approximate surface area is 286 Å². The lowest BCUT2D eigenvalue weighted by molar-refractivity contribution is -0.158. The Kier molecular flexibility index (Phi) is 10.8. The summed E-state index contributed by atoms with van der Waals surface area (Å²) in [5, 5.41) is 0. The Bertz CT molecular complexity index is 1560. The number of imide groups is 1. The Morgan fingerprint density at radius 3 is 2.46 bits per heavy atom. The number of hydrogen-bond donors (Lipinski definition) is 0. The summed E-state index contributed by atoms with van der Waals surface area (Å²) < 4.78 is 23.7. The molecule has 1 atom stereocenters.